The number of benzene rings is 1. The molecule has 154 valence electrons. The molecule has 3 unspecified atom stereocenters. The molecule has 0 radical (unpaired) electrons. The molecule has 5 nitrogen and oxygen atoms in total. The van der Waals surface area contributed by atoms with E-state index in [1.807, 2.05) is 12.1 Å². The molecule has 1 aliphatic heterocycles. The number of nitrogens with zero attached hydrogens (tertiary/aromatic N) is 3. The smallest absolute Gasteiger partial charge is 0.294 e. The minimum absolute atomic E-state index is 0.0809. The first-order chi connectivity index (χ1) is 13.9. The van der Waals surface area contributed by atoms with Crippen LogP contribution in [0.1, 0.15) is 25.7 Å². The second-order valence-corrected chi connectivity index (χ2v) is 10.5. The quantitative estimate of drug-likeness (QED) is 0.758. The summed E-state index contributed by atoms with van der Waals surface area (Å²) < 4.78 is 1.64. The molecule has 2 aliphatic carbocycles. The van der Waals surface area contributed by atoms with E-state index in [1.165, 1.54) is 24.6 Å². The zero-order chi connectivity index (χ0) is 20.3. The SMILES string of the molecule is Cn1c(Sc2cccc(Cl)c2Cl)cnc(N2CCC3(CC2)CC2CC2C3N)c1=O. The molecule has 1 aromatic heterocycles. The maximum atomic E-state index is 13.0. The van der Waals surface area contributed by atoms with E-state index in [4.69, 9.17) is 28.9 Å². The Bertz CT molecular complexity index is 1020. The van der Waals surface area contributed by atoms with Crippen LogP contribution in [-0.2, 0) is 7.05 Å². The highest BCUT2D eigenvalue weighted by Crippen LogP contribution is 2.62. The number of halogens is 2. The summed E-state index contributed by atoms with van der Waals surface area (Å²) in [6.07, 6.45) is 6.46. The molecule has 8 heteroatoms. The molecule has 29 heavy (non-hydrogen) atoms. The first-order valence-electron chi connectivity index (χ1n) is 10.1. The molecule has 5 rings (SSSR count). The van der Waals surface area contributed by atoms with Crippen molar-refractivity contribution in [1.82, 2.24) is 9.55 Å². The molecule has 3 atom stereocenters. The van der Waals surface area contributed by atoms with E-state index < -0.39 is 0 Å². The van der Waals surface area contributed by atoms with Crippen LogP contribution in [0.2, 0.25) is 10.0 Å². The second kappa shape index (κ2) is 7.19. The molecule has 0 bridgehead atoms. The van der Waals surface area contributed by atoms with E-state index in [1.54, 1.807) is 23.9 Å². The third kappa shape index (κ3) is 3.29. The lowest BCUT2D eigenvalue weighted by Gasteiger charge is -2.43. The topological polar surface area (TPSA) is 64.2 Å². The van der Waals surface area contributed by atoms with Gasteiger partial charge in [-0.3, -0.25) is 4.79 Å². The maximum absolute atomic E-state index is 13.0. The highest BCUT2D eigenvalue weighted by atomic mass is 35.5. The molecule has 3 fully saturated rings. The fourth-order valence-corrected chi connectivity index (χ4v) is 6.62. The van der Waals surface area contributed by atoms with Crippen LogP contribution < -0.4 is 16.2 Å². The first kappa shape index (κ1) is 19.7. The molecular formula is C21H24Cl2N4OS. The molecule has 1 aromatic carbocycles. The van der Waals surface area contributed by atoms with Crippen molar-refractivity contribution in [2.45, 2.75) is 41.6 Å². The number of hydrogen-bond donors (Lipinski definition) is 1. The van der Waals surface area contributed by atoms with E-state index in [-0.39, 0.29) is 11.0 Å². The summed E-state index contributed by atoms with van der Waals surface area (Å²) in [5, 5.41) is 1.72. The van der Waals surface area contributed by atoms with Gasteiger partial charge in [-0.05, 0) is 55.1 Å². The van der Waals surface area contributed by atoms with Crippen LogP contribution in [0.25, 0.3) is 0 Å². The first-order valence-corrected chi connectivity index (χ1v) is 11.7. The normalized spacial score (nSPS) is 27.3. The Morgan fingerprint density at radius 3 is 2.72 bits per heavy atom. The third-order valence-electron chi connectivity index (χ3n) is 7.13. The van der Waals surface area contributed by atoms with E-state index in [9.17, 15) is 4.79 Å². The van der Waals surface area contributed by atoms with E-state index in [0.717, 1.165) is 47.7 Å². The molecular weight excluding hydrogens is 427 g/mol. The minimum Gasteiger partial charge on any atom is -0.352 e. The second-order valence-electron chi connectivity index (χ2n) is 8.68. The fourth-order valence-electron chi connectivity index (χ4n) is 5.25. The number of fused-ring (bicyclic) bond motifs is 1. The fraction of sp³-hybridized carbons (Fsp3) is 0.524. The zero-order valence-electron chi connectivity index (χ0n) is 16.3. The van der Waals surface area contributed by atoms with Crippen LogP contribution in [0, 0.1) is 17.3 Å². The van der Waals surface area contributed by atoms with Crippen molar-refractivity contribution in [2.75, 3.05) is 18.0 Å². The monoisotopic (exact) mass is 450 g/mol. The van der Waals surface area contributed by atoms with Crippen LogP contribution in [0.4, 0.5) is 5.82 Å². The average Bonchev–Trinajstić information content (AvgIpc) is 3.42. The van der Waals surface area contributed by atoms with Gasteiger partial charge in [0.2, 0.25) is 0 Å². The number of piperidine rings is 1. The lowest BCUT2D eigenvalue weighted by Crippen LogP contribution is -2.49. The largest absolute Gasteiger partial charge is 0.352 e. The summed E-state index contributed by atoms with van der Waals surface area (Å²) >= 11 is 13.8. The summed E-state index contributed by atoms with van der Waals surface area (Å²) in [5.41, 5.74) is 6.77. The Balaban J connectivity index is 1.34. The van der Waals surface area contributed by atoms with Gasteiger partial charge in [-0.15, -0.1) is 0 Å². The van der Waals surface area contributed by atoms with Crippen molar-refractivity contribution >= 4 is 40.8 Å². The van der Waals surface area contributed by atoms with Crippen LogP contribution in [0.3, 0.4) is 0 Å². The van der Waals surface area contributed by atoms with E-state index >= 15 is 0 Å². The minimum atomic E-state index is -0.0809. The Kier molecular flexibility index (Phi) is 4.89. The molecule has 2 heterocycles. The third-order valence-corrected chi connectivity index (χ3v) is 9.21. The molecule has 3 aliphatic rings. The Hall–Kier alpha value is -1.21. The lowest BCUT2D eigenvalue weighted by molar-refractivity contribution is 0.171. The molecule has 1 spiro atoms. The van der Waals surface area contributed by atoms with Crippen LogP contribution in [-0.4, -0.2) is 28.7 Å². The summed E-state index contributed by atoms with van der Waals surface area (Å²) in [7, 11) is 1.78. The molecule has 2 aromatic rings. The van der Waals surface area contributed by atoms with E-state index in [2.05, 4.69) is 9.88 Å². The maximum Gasteiger partial charge on any atom is 0.294 e. The predicted molar refractivity (Wildman–Crippen MR) is 118 cm³/mol. The zero-order valence-corrected chi connectivity index (χ0v) is 18.6. The molecule has 1 saturated heterocycles. The number of nitrogens with two attached hydrogens (primary N) is 1. The number of hydrogen-bond acceptors (Lipinski definition) is 5. The van der Waals surface area contributed by atoms with Gasteiger partial charge in [-0.1, -0.05) is 41.0 Å². The van der Waals surface area contributed by atoms with Crippen molar-refractivity contribution in [3.05, 3.63) is 44.8 Å². The van der Waals surface area contributed by atoms with Gasteiger partial charge < -0.3 is 15.2 Å². The highest BCUT2D eigenvalue weighted by molar-refractivity contribution is 7.99. The van der Waals surface area contributed by atoms with Crippen molar-refractivity contribution in [2.24, 2.45) is 30.0 Å². The van der Waals surface area contributed by atoms with Gasteiger partial charge in [0.05, 0.1) is 16.2 Å². The lowest BCUT2D eigenvalue weighted by atomic mass is 9.72. The summed E-state index contributed by atoms with van der Waals surface area (Å²) in [6.45, 7) is 1.70. The average molecular weight is 451 g/mol. The van der Waals surface area contributed by atoms with E-state index in [0.29, 0.717) is 21.9 Å². The van der Waals surface area contributed by atoms with Gasteiger partial charge in [0.1, 0.15) is 5.03 Å². The number of anilines is 1. The Labute approximate surface area is 184 Å². The van der Waals surface area contributed by atoms with Gasteiger partial charge >= 0.3 is 0 Å². The highest BCUT2D eigenvalue weighted by Gasteiger charge is 2.59. The molecule has 2 N–H and O–H groups in total. The predicted octanol–water partition coefficient (Wildman–Crippen LogP) is 4.19. The number of aromatic nitrogens is 2. The van der Waals surface area contributed by atoms with Crippen LogP contribution in [0.15, 0.2) is 39.1 Å². The molecule has 0 amide bonds. The van der Waals surface area contributed by atoms with Crippen molar-refractivity contribution in [1.29, 1.82) is 0 Å². The van der Waals surface area contributed by atoms with Crippen LogP contribution in [0.5, 0.6) is 0 Å². The van der Waals surface area contributed by atoms with Crippen molar-refractivity contribution in [3.8, 4) is 0 Å². The van der Waals surface area contributed by atoms with Crippen molar-refractivity contribution < 1.29 is 0 Å². The standard InChI is InChI=1S/C21H24Cl2N4OS/c1-26-16(29-15-4-2-3-14(22)17(15)23)11-25-19(20(26)28)27-7-5-21(6-8-27)10-12-9-13(12)18(21)24/h2-4,11-13,18H,5-10,24H2,1H3. The van der Waals surface area contributed by atoms with Gasteiger partial charge in [0.25, 0.3) is 5.56 Å². The summed E-state index contributed by atoms with van der Waals surface area (Å²) in [5.74, 6) is 2.14. The summed E-state index contributed by atoms with van der Waals surface area (Å²) in [4.78, 5) is 20.5. The van der Waals surface area contributed by atoms with Gasteiger partial charge in [-0.2, -0.15) is 0 Å². The van der Waals surface area contributed by atoms with Crippen molar-refractivity contribution in [3.63, 3.8) is 0 Å². The molecule has 2 saturated carbocycles. The summed E-state index contributed by atoms with van der Waals surface area (Å²) in [6, 6.07) is 5.82. The van der Waals surface area contributed by atoms with Gasteiger partial charge in [0, 0.05) is 31.1 Å². The van der Waals surface area contributed by atoms with Crippen LogP contribution >= 0.6 is 35.0 Å². The van der Waals surface area contributed by atoms with Gasteiger partial charge in [0.15, 0.2) is 5.82 Å². The van der Waals surface area contributed by atoms with Gasteiger partial charge in [-0.25, -0.2) is 4.98 Å². The Morgan fingerprint density at radius 1 is 1.28 bits per heavy atom. The Morgan fingerprint density at radius 2 is 2.03 bits per heavy atom. The number of rotatable bonds is 3.